The fourth-order valence-electron chi connectivity index (χ4n) is 4.38. The first-order chi connectivity index (χ1) is 16.3. The smallest absolute Gasteiger partial charge is 0.252 e. The molecule has 0 atom stereocenters. The van der Waals surface area contributed by atoms with E-state index >= 15 is 0 Å². The van der Waals surface area contributed by atoms with Crippen LogP contribution in [0.4, 0.5) is 5.69 Å². The van der Waals surface area contributed by atoms with Gasteiger partial charge in [0.2, 0.25) is 17.6 Å². The predicted molar refractivity (Wildman–Crippen MR) is 130 cm³/mol. The molecule has 1 saturated heterocycles. The van der Waals surface area contributed by atoms with Gasteiger partial charge in [-0.15, -0.1) is 11.3 Å². The van der Waals surface area contributed by atoms with Crippen molar-refractivity contribution >= 4 is 33.0 Å². The van der Waals surface area contributed by atoms with Crippen molar-refractivity contribution in [3.63, 3.8) is 0 Å². The van der Waals surface area contributed by atoms with E-state index in [1.807, 2.05) is 31.2 Å². The van der Waals surface area contributed by atoms with Crippen molar-refractivity contribution in [3.05, 3.63) is 47.2 Å². The maximum absolute atomic E-state index is 13.2. The summed E-state index contributed by atoms with van der Waals surface area (Å²) in [5.41, 5.74) is 2.64. The fraction of sp³-hybridized carbons (Fsp3) is 0.458. The number of hydrogen-bond donors (Lipinski definition) is 0. The highest BCUT2D eigenvalue weighted by Gasteiger charge is 2.34. The Balaban J connectivity index is 1.22. The SMILES string of the molecule is Cc1ccc(N(C)C(=O)C2CCN(S(=O)(=O)c3cc(-c4noc(C5CCC5)n4)cs3)CC2)cc1. The van der Waals surface area contributed by atoms with E-state index in [0.29, 0.717) is 49.1 Å². The van der Waals surface area contributed by atoms with Gasteiger partial charge in [0.1, 0.15) is 4.21 Å². The van der Waals surface area contributed by atoms with Crippen molar-refractivity contribution in [3.8, 4) is 11.4 Å². The number of benzene rings is 1. The zero-order valence-corrected chi connectivity index (χ0v) is 20.9. The lowest BCUT2D eigenvalue weighted by Gasteiger charge is -2.32. The molecule has 2 aromatic heterocycles. The first-order valence-corrected chi connectivity index (χ1v) is 13.9. The van der Waals surface area contributed by atoms with Gasteiger partial charge in [-0.05, 0) is 50.8 Å². The Kier molecular flexibility index (Phi) is 6.30. The summed E-state index contributed by atoms with van der Waals surface area (Å²) in [6.07, 6.45) is 4.30. The molecule has 1 aliphatic carbocycles. The summed E-state index contributed by atoms with van der Waals surface area (Å²) in [4.78, 5) is 19.1. The Morgan fingerprint density at radius 1 is 1.15 bits per heavy atom. The molecule has 0 radical (unpaired) electrons. The summed E-state index contributed by atoms with van der Waals surface area (Å²) in [6, 6.07) is 9.44. The van der Waals surface area contributed by atoms with E-state index in [4.69, 9.17) is 4.52 Å². The van der Waals surface area contributed by atoms with E-state index in [2.05, 4.69) is 10.1 Å². The van der Waals surface area contributed by atoms with Gasteiger partial charge in [-0.2, -0.15) is 9.29 Å². The van der Waals surface area contributed by atoms with Crippen molar-refractivity contribution in [1.82, 2.24) is 14.4 Å². The second-order valence-electron chi connectivity index (χ2n) is 9.15. The number of aryl methyl sites for hydroxylation is 1. The van der Waals surface area contributed by atoms with E-state index in [1.165, 1.54) is 22.1 Å². The number of carbonyl (C=O) groups excluding carboxylic acids is 1. The molecule has 3 aromatic rings. The molecule has 0 unspecified atom stereocenters. The summed E-state index contributed by atoms with van der Waals surface area (Å²) in [7, 11) is -1.86. The van der Waals surface area contributed by atoms with E-state index < -0.39 is 10.0 Å². The summed E-state index contributed by atoms with van der Waals surface area (Å²) >= 11 is 1.17. The van der Waals surface area contributed by atoms with Crippen LogP contribution in [0.3, 0.4) is 0 Å². The van der Waals surface area contributed by atoms with Crippen molar-refractivity contribution in [1.29, 1.82) is 0 Å². The van der Waals surface area contributed by atoms with Crippen LogP contribution in [0, 0.1) is 12.8 Å². The second-order valence-corrected chi connectivity index (χ2v) is 12.2. The number of aromatic nitrogens is 2. The van der Waals surface area contributed by atoms with Crippen molar-refractivity contribution in [2.24, 2.45) is 5.92 Å². The van der Waals surface area contributed by atoms with Gasteiger partial charge in [0.15, 0.2) is 0 Å². The molecule has 8 nitrogen and oxygen atoms in total. The van der Waals surface area contributed by atoms with Gasteiger partial charge < -0.3 is 9.42 Å². The molecule has 0 spiro atoms. The van der Waals surface area contributed by atoms with Crippen molar-refractivity contribution in [2.45, 2.75) is 49.2 Å². The van der Waals surface area contributed by atoms with Gasteiger partial charge >= 0.3 is 0 Å². The van der Waals surface area contributed by atoms with Crippen molar-refractivity contribution in [2.75, 3.05) is 25.0 Å². The molecule has 1 saturated carbocycles. The minimum absolute atomic E-state index is 0.0266. The Hall–Kier alpha value is -2.56. The predicted octanol–water partition coefficient (Wildman–Crippen LogP) is 4.44. The Morgan fingerprint density at radius 2 is 1.85 bits per heavy atom. The van der Waals surface area contributed by atoms with E-state index in [1.54, 1.807) is 23.4 Å². The van der Waals surface area contributed by atoms with Crippen LogP contribution in [-0.2, 0) is 14.8 Å². The highest BCUT2D eigenvalue weighted by Crippen LogP contribution is 2.37. The van der Waals surface area contributed by atoms with Gasteiger partial charge in [0, 0.05) is 48.6 Å². The number of nitrogens with zero attached hydrogens (tertiary/aromatic N) is 4. The van der Waals surface area contributed by atoms with E-state index in [-0.39, 0.29) is 16.0 Å². The molecule has 0 bridgehead atoms. The molecular formula is C24H28N4O4S2. The first-order valence-electron chi connectivity index (χ1n) is 11.6. The summed E-state index contributed by atoms with van der Waals surface area (Å²) in [5, 5.41) is 5.80. The number of sulfonamides is 1. The van der Waals surface area contributed by atoms with Crippen molar-refractivity contribution < 1.29 is 17.7 Å². The van der Waals surface area contributed by atoms with E-state index in [0.717, 1.165) is 24.1 Å². The number of amides is 1. The van der Waals surface area contributed by atoms with Crippen LogP contribution in [0.1, 0.15) is 49.5 Å². The fourth-order valence-corrected chi connectivity index (χ4v) is 7.16. The highest BCUT2D eigenvalue weighted by molar-refractivity contribution is 7.91. The number of rotatable bonds is 6. The number of piperidine rings is 1. The van der Waals surface area contributed by atoms with Crippen LogP contribution in [0.2, 0.25) is 0 Å². The molecule has 5 rings (SSSR count). The molecule has 10 heteroatoms. The third-order valence-electron chi connectivity index (χ3n) is 6.88. The van der Waals surface area contributed by atoms with Gasteiger partial charge in [0.25, 0.3) is 10.0 Å². The van der Waals surface area contributed by atoms with E-state index in [9.17, 15) is 13.2 Å². The Morgan fingerprint density at radius 3 is 2.50 bits per heavy atom. The lowest BCUT2D eigenvalue weighted by Crippen LogP contribution is -2.43. The molecule has 34 heavy (non-hydrogen) atoms. The molecule has 3 heterocycles. The monoisotopic (exact) mass is 500 g/mol. The number of anilines is 1. The lowest BCUT2D eigenvalue weighted by molar-refractivity contribution is -0.123. The standard InChI is InChI=1S/C24H28N4O4S2/c1-16-6-8-20(9-7-16)27(2)24(29)18-10-12-28(13-11-18)34(30,31)21-14-19(15-33-21)22-25-23(32-26-22)17-4-3-5-17/h6-9,14-15,17-18H,3-5,10-13H2,1-2H3. The second kappa shape index (κ2) is 9.24. The molecule has 0 N–H and O–H groups in total. The minimum atomic E-state index is -3.64. The summed E-state index contributed by atoms with van der Waals surface area (Å²) in [5.74, 6) is 1.24. The van der Waals surface area contributed by atoms with Crippen LogP contribution in [-0.4, -0.2) is 48.9 Å². The maximum Gasteiger partial charge on any atom is 0.252 e. The molecule has 1 amide bonds. The topological polar surface area (TPSA) is 96.6 Å². The quantitative estimate of drug-likeness (QED) is 0.497. The van der Waals surface area contributed by atoms with Gasteiger partial charge in [-0.25, -0.2) is 8.42 Å². The van der Waals surface area contributed by atoms with Gasteiger partial charge in [-0.1, -0.05) is 29.3 Å². The van der Waals surface area contributed by atoms with Crippen LogP contribution < -0.4 is 4.90 Å². The maximum atomic E-state index is 13.2. The van der Waals surface area contributed by atoms with Gasteiger partial charge in [0.05, 0.1) is 0 Å². The third-order valence-corrected chi connectivity index (χ3v) is 10.2. The molecule has 1 aliphatic heterocycles. The average molecular weight is 501 g/mol. The molecular weight excluding hydrogens is 472 g/mol. The third kappa shape index (κ3) is 4.42. The summed E-state index contributed by atoms with van der Waals surface area (Å²) < 4.78 is 33.6. The minimum Gasteiger partial charge on any atom is -0.339 e. The molecule has 2 aliphatic rings. The van der Waals surface area contributed by atoms with Crippen LogP contribution in [0.15, 0.2) is 44.4 Å². The first kappa shape index (κ1) is 23.2. The zero-order chi connectivity index (χ0) is 23.9. The molecule has 180 valence electrons. The zero-order valence-electron chi connectivity index (χ0n) is 19.3. The number of carbonyl (C=O) groups is 1. The molecule has 1 aromatic carbocycles. The Bertz CT molecular complexity index is 1270. The number of thiophene rings is 1. The highest BCUT2D eigenvalue weighted by atomic mass is 32.2. The van der Waals surface area contributed by atoms with Crippen LogP contribution in [0.25, 0.3) is 11.4 Å². The van der Waals surface area contributed by atoms with Crippen LogP contribution >= 0.6 is 11.3 Å². The average Bonchev–Trinajstić information content (AvgIpc) is 3.48. The summed E-state index contributed by atoms with van der Waals surface area (Å²) in [6.45, 7) is 2.65. The number of hydrogen-bond acceptors (Lipinski definition) is 7. The normalized spacial score (nSPS) is 18.1. The molecule has 2 fully saturated rings. The Labute approximate surface area is 203 Å². The van der Waals surface area contributed by atoms with Crippen LogP contribution in [0.5, 0.6) is 0 Å². The lowest BCUT2D eigenvalue weighted by atomic mass is 9.85. The van der Waals surface area contributed by atoms with Gasteiger partial charge in [-0.3, -0.25) is 4.79 Å². The largest absolute Gasteiger partial charge is 0.339 e.